The molecule has 0 radical (unpaired) electrons. The molecule has 2 aliphatic rings. The van der Waals surface area contributed by atoms with Gasteiger partial charge in [0, 0.05) is 19.0 Å². The van der Waals surface area contributed by atoms with Crippen molar-refractivity contribution in [3.63, 3.8) is 0 Å². The van der Waals surface area contributed by atoms with Crippen LogP contribution >= 0.6 is 0 Å². The molecule has 0 saturated heterocycles. The van der Waals surface area contributed by atoms with Crippen LogP contribution in [-0.4, -0.2) is 20.8 Å². The lowest BCUT2D eigenvalue weighted by Crippen LogP contribution is -2.26. The van der Waals surface area contributed by atoms with Crippen molar-refractivity contribution in [2.24, 2.45) is 7.05 Å². The van der Waals surface area contributed by atoms with Crippen molar-refractivity contribution in [2.45, 2.75) is 76.3 Å². The standard InChI is InChI=1S/C15H26N4/c1-19-14(11-16-13-9-5-6-10-13)17-15(18-19)12-7-3-2-4-8-12/h12-13,16H,2-11H2,1H3. The normalized spacial score (nSPS) is 22.2. The van der Waals surface area contributed by atoms with Crippen LogP contribution in [0.1, 0.15) is 75.4 Å². The van der Waals surface area contributed by atoms with E-state index in [1.807, 2.05) is 11.7 Å². The molecule has 0 bridgehead atoms. The van der Waals surface area contributed by atoms with Crippen LogP contribution in [0, 0.1) is 0 Å². The highest BCUT2D eigenvalue weighted by atomic mass is 15.3. The van der Waals surface area contributed by atoms with E-state index in [0.29, 0.717) is 12.0 Å². The topological polar surface area (TPSA) is 42.7 Å². The van der Waals surface area contributed by atoms with E-state index in [-0.39, 0.29) is 0 Å². The van der Waals surface area contributed by atoms with Crippen LogP contribution in [-0.2, 0) is 13.6 Å². The van der Waals surface area contributed by atoms with Crippen molar-refractivity contribution in [3.8, 4) is 0 Å². The SMILES string of the molecule is Cn1nc(C2CCCCC2)nc1CNC1CCCC1. The van der Waals surface area contributed by atoms with Gasteiger partial charge in [-0.25, -0.2) is 4.98 Å². The van der Waals surface area contributed by atoms with E-state index in [4.69, 9.17) is 4.98 Å². The Hall–Kier alpha value is -0.900. The molecule has 0 aliphatic heterocycles. The fourth-order valence-electron chi connectivity index (χ4n) is 3.49. The second-order valence-electron chi connectivity index (χ2n) is 6.21. The highest BCUT2D eigenvalue weighted by Crippen LogP contribution is 2.30. The molecule has 2 saturated carbocycles. The molecule has 1 heterocycles. The first-order valence-corrected chi connectivity index (χ1v) is 7.96. The minimum absolute atomic E-state index is 0.611. The van der Waals surface area contributed by atoms with E-state index in [2.05, 4.69) is 10.4 Å². The predicted octanol–water partition coefficient (Wildman–Crippen LogP) is 2.90. The number of hydrogen-bond acceptors (Lipinski definition) is 3. The summed E-state index contributed by atoms with van der Waals surface area (Å²) in [6, 6.07) is 0.704. The molecule has 0 spiro atoms. The first-order chi connectivity index (χ1) is 9.33. The number of aromatic nitrogens is 3. The lowest BCUT2D eigenvalue weighted by molar-refractivity contribution is 0.427. The van der Waals surface area contributed by atoms with Crippen molar-refractivity contribution in [1.82, 2.24) is 20.1 Å². The smallest absolute Gasteiger partial charge is 0.154 e. The number of aryl methyl sites for hydroxylation is 1. The average Bonchev–Trinajstić information content (AvgIpc) is 3.07. The van der Waals surface area contributed by atoms with E-state index in [9.17, 15) is 0 Å². The van der Waals surface area contributed by atoms with Gasteiger partial charge in [0.25, 0.3) is 0 Å². The molecule has 2 aliphatic carbocycles. The summed E-state index contributed by atoms with van der Waals surface area (Å²) in [7, 11) is 2.03. The van der Waals surface area contributed by atoms with Crippen LogP contribution in [0.4, 0.5) is 0 Å². The fourth-order valence-corrected chi connectivity index (χ4v) is 3.49. The van der Waals surface area contributed by atoms with Gasteiger partial charge in [-0.1, -0.05) is 32.1 Å². The summed E-state index contributed by atoms with van der Waals surface area (Å²) < 4.78 is 1.98. The van der Waals surface area contributed by atoms with Gasteiger partial charge in [0.2, 0.25) is 0 Å². The largest absolute Gasteiger partial charge is 0.307 e. The van der Waals surface area contributed by atoms with E-state index in [0.717, 1.165) is 18.2 Å². The van der Waals surface area contributed by atoms with Crippen molar-refractivity contribution in [1.29, 1.82) is 0 Å². The Morgan fingerprint density at radius 3 is 2.47 bits per heavy atom. The minimum atomic E-state index is 0.611. The molecule has 2 fully saturated rings. The summed E-state index contributed by atoms with van der Waals surface area (Å²) >= 11 is 0. The first-order valence-electron chi connectivity index (χ1n) is 7.96. The maximum Gasteiger partial charge on any atom is 0.154 e. The Balaban J connectivity index is 1.59. The third-order valence-electron chi connectivity index (χ3n) is 4.74. The van der Waals surface area contributed by atoms with Crippen molar-refractivity contribution in [2.75, 3.05) is 0 Å². The van der Waals surface area contributed by atoms with E-state index >= 15 is 0 Å². The van der Waals surface area contributed by atoms with Crippen LogP contribution in [0.3, 0.4) is 0 Å². The molecule has 1 aromatic heterocycles. The van der Waals surface area contributed by atoms with Gasteiger partial charge < -0.3 is 5.32 Å². The van der Waals surface area contributed by atoms with Gasteiger partial charge in [-0.15, -0.1) is 0 Å². The molecule has 0 amide bonds. The highest BCUT2D eigenvalue weighted by Gasteiger charge is 2.21. The summed E-state index contributed by atoms with van der Waals surface area (Å²) in [6.07, 6.45) is 12.0. The number of rotatable bonds is 4. The zero-order valence-electron chi connectivity index (χ0n) is 12.1. The molecule has 1 N–H and O–H groups in total. The minimum Gasteiger partial charge on any atom is -0.307 e. The van der Waals surface area contributed by atoms with Crippen LogP contribution in [0.25, 0.3) is 0 Å². The van der Waals surface area contributed by atoms with Crippen LogP contribution < -0.4 is 5.32 Å². The molecular formula is C15H26N4. The zero-order chi connectivity index (χ0) is 13.1. The number of nitrogens with zero attached hydrogens (tertiary/aromatic N) is 3. The molecule has 3 rings (SSSR count). The van der Waals surface area contributed by atoms with Crippen molar-refractivity contribution < 1.29 is 0 Å². The zero-order valence-corrected chi connectivity index (χ0v) is 12.1. The molecule has 0 unspecified atom stereocenters. The van der Waals surface area contributed by atoms with E-state index in [1.54, 1.807) is 0 Å². The molecule has 0 atom stereocenters. The first kappa shape index (κ1) is 13.1. The van der Waals surface area contributed by atoms with Crippen LogP contribution in [0.2, 0.25) is 0 Å². The number of hydrogen-bond donors (Lipinski definition) is 1. The van der Waals surface area contributed by atoms with Crippen molar-refractivity contribution >= 4 is 0 Å². The monoisotopic (exact) mass is 262 g/mol. The van der Waals surface area contributed by atoms with Gasteiger partial charge in [0.05, 0.1) is 6.54 Å². The third-order valence-corrected chi connectivity index (χ3v) is 4.74. The van der Waals surface area contributed by atoms with Gasteiger partial charge in [-0.05, 0) is 25.7 Å². The Morgan fingerprint density at radius 2 is 1.74 bits per heavy atom. The Bertz CT molecular complexity index is 400. The average molecular weight is 262 g/mol. The summed E-state index contributed by atoms with van der Waals surface area (Å²) in [5, 5.41) is 8.28. The summed E-state index contributed by atoms with van der Waals surface area (Å²) in [4.78, 5) is 4.78. The molecule has 4 heteroatoms. The van der Waals surface area contributed by atoms with Crippen LogP contribution in [0.5, 0.6) is 0 Å². The van der Waals surface area contributed by atoms with E-state index in [1.165, 1.54) is 57.8 Å². The second kappa shape index (κ2) is 6.04. The number of nitrogens with one attached hydrogen (secondary N) is 1. The maximum atomic E-state index is 4.78. The molecule has 19 heavy (non-hydrogen) atoms. The second-order valence-corrected chi connectivity index (χ2v) is 6.21. The molecule has 106 valence electrons. The highest BCUT2D eigenvalue weighted by molar-refractivity contribution is 5.00. The van der Waals surface area contributed by atoms with Crippen LogP contribution in [0.15, 0.2) is 0 Å². The van der Waals surface area contributed by atoms with Gasteiger partial charge in [0.1, 0.15) is 5.82 Å². The maximum absolute atomic E-state index is 4.78. The lowest BCUT2D eigenvalue weighted by Gasteiger charge is -2.18. The quantitative estimate of drug-likeness (QED) is 0.907. The third kappa shape index (κ3) is 3.16. The van der Waals surface area contributed by atoms with Gasteiger partial charge in [-0.3, -0.25) is 4.68 Å². The predicted molar refractivity (Wildman–Crippen MR) is 75.9 cm³/mol. The molecule has 1 aromatic rings. The summed E-state index contributed by atoms with van der Waals surface area (Å²) in [5.74, 6) is 2.80. The van der Waals surface area contributed by atoms with Gasteiger partial charge in [0.15, 0.2) is 5.82 Å². The van der Waals surface area contributed by atoms with E-state index < -0.39 is 0 Å². The molecular weight excluding hydrogens is 236 g/mol. The fraction of sp³-hybridized carbons (Fsp3) is 0.867. The lowest BCUT2D eigenvalue weighted by atomic mass is 9.89. The Morgan fingerprint density at radius 1 is 1.05 bits per heavy atom. The molecule has 4 nitrogen and oxygen atoms in total. The molecule has 0 aromatic carbocycles. The van der Waals surface area contributed by atoms with Gasteiger partial charge in [-0.2, -0.15) is 5.10 Å². The summed E-state index contributed by atoms with van der Waals surface area (Å²) in [5.41, 5.74) is 0. The summed E-state index contributed by atoms with van der Waals surface area (Å²) in [6.45, 7) is 0.876. The van der Waals surface area contributed by atoms with Crippen molar-refractivity contribution in [3.05, 3.63) is 11.6 Å². The Kier molecular flexibility index (Phi) is 4.16. The Labute approximate surface area is 116 Å². The van der Waals surface area contributed by atoms with Gasteiger partial charge >= 0.3 is 0 Å².